The second kappa shape index (κ2) is 11.0. The van der Waals surface area contributed by atoms with E-state index >= 15 is 4.39 Å². The van der Waals surface area contributed by atoms with Crippen LogP contribution in [0.2, 0.25) is 0 Å². The molecule has 4 rings (SSSR count). The van der Waals surface area contributed by atoms with Crippen LogP contribution < -0.4 is 10.9 Å². The van der Waals surface area contributed by atoms with Gasteiger partial charge in [-0.25, -0.2) is 18.7 Å². The first-order valence-corrected chi connectivity index (χ1v) is 13.0. The van der Waals surface area contributed by atoms with Gasteiger partial charge in [-0.15, -0.1) is 0 Å². The number of hydrogen-bond donors (Lipinski definition) is 1. The standard InChI is InChI=1S/C25H27B3F2N5O3P/c1-13(15-5-4-6-16(19(15)29)20(30)39)33-21-17-11-18(23(37)34(3)22(17)32-12-31-21)24(38-25(26,27)28)7-9-35(10-8-24)14(2)36/h4-6,11-13,20H,7-10,39H2,1-3H3,(H,31,32,33)/t13-,20?/m1/s1. The molecular weight excluding hydrogens is 520 g/mol. The number of nitrogens with zero attached hydrogens (tertiary/aromatic N) is 4. The Balaban J connectivity index is 1.82. The summed E-state index contributed by atoms with van der Waals surface area (Å²) in [4.78, 5) is 35.8. The van der Waals surface area contributed by atoms with E-state index in [4.69, 9.17) is 28.3 Å². The Kier molecular flexibility index (Phi) is 8.25. The Morgan fingerprint density at radius 1 is 1.23 bits per heavy atom. The van der Waals surface area contributed by atoms with E-state index in [9.17, 15) is 14.0 Å². The topological polar surface area (TPSA) is 89.3 Å². The summed E-state index contributed by atoms with van der Waals surface area (Å²) in [7, 11) is 21.0. The third-order valence-electron chi connectivity index (χ3n) is 7.06. The lowest BCUT2D eigenvalue weighted by atomic mass is 9.52. The van der Waals surface area contributed by atoms with Gasteiger partial charge in [-0.2, -0.15) is 0 Å². The molecule has 14 heteroatoms. The van der Waals surface area contributed by atoms with Crippen molar-refractivity contribution in [3.05, 3.63) is 63.5 Å². The lowest BCUT2D eigenvalue weighted by molar-refractivity contribution is -0.138. The number of carbonyl (C=O) groups excluding carboxylic acids is 1. The van der Waals surface area contributed by atoms with Gasteiger partial charge >= 0.3 is 0 Å². The van der Waals surface area contributed by atoms with Crippen LogP contribution in [0.1, 0.15) is 55.3 Å². The number of nitrogens with one attached hydrogen (secondary N) is 1. The number of pyridine rings is 1. The van der Waals surface area contributed by atoms with E-state index in [-0.39, 0.29) is 35.4 Å². The van der Waals surface area contributed by atoms with Crippen molar-refractivity contribution in [3.63, 3.8) is 0 Å². The zero-order valence-corrected chi connectivity index (χ0v) is 23.1. The van der Waals surface area contributed by atoms with Crippen molar-refractivity contribution in [1.29, 1.82) is 0 Å². The number of likely N-dealkylation sites (tertiary alicyclic amines) is 1. The van der Waals surface area contributed by atoms with Crippen LogP contribution in [0.15, 0.2) is 35.4 Å². The lowest BCUT2D eigenvalue weighted by Gasteiger charge is -2.45. The van der Waals surface area contributed by atoms with Crippen LogP contribution in [-0.4, -0.2) is 67.3 Å². The molecule has 2 unspecified atom stereocenters. The molecule has 2 aromatic heterocycles. The van der Waals surface area contributed by atoms with Gasteiger partial charge in [0.05, 0.1) is 46.1 Å². The largest absolute Gasteiger partial charge is 0.391 e. The highest BCUT2D eigenvalue weighted by Crippen LogP contribution is 2.39. The number of aromatic nitrogens is 3. The normalized spacial score (nSPS) is 17.1. The highest BCUT2D eigenvalue weighted by atomic mass is 31.0. The number of amides is 1. The van der Waals surface area contributed by atoms with Gasteiger partial charge in [0.25, 0.3) is 5.56 Å². The van der Waals surface area contributed by atoms with Gasteiger partial charge in [0.2, 0.25) is 5.91 Å². The van der Waals surface area contributed by atoms with Crippen LogP contribution in [0.25, 0.3) is 11.0 Å². The molecule has 1 N–H and O–H groups in total. The van der Waals surface area contributed by atoms with Gasteiger partial charge in [0, 0.05) is 38.2 Å². The minimum atomic E-state index is -2.06. The maximum absolute atomic E-state index is 15.1. The van der Waals surface area contributed by atoms with Gasteiger partial charge in [-0.1, -0.05) is 27.4 Å². The number of carbonyl (C=O) groups is 1. The number of piperidine rings is 1. The van der Waals surface area contributed by atoms with Crippen LogP contribution in [0.3, 0.4) is 0 Å². The van der Waals surface area contributed by atoms with Crippen LogP contribution in [-0.2, 0) is 22.2 Å². The van der Waals surface area contributed by atoms with Crippen molar-refractivity contribution >= 4 is 55.5 Å². The first-order chi connectivity index (χ1) is 18.2. The number of hydrogen-bond acceptors (Lipinski definition) is 6. The molecule has 3 atom stereocenters. The molecule has 0 aliphatic carbocycles. The highest BCUT2D eigenvalue weighted by Gasteiger charge is 2.42. The second-order valence-corrected chi connectivity index (χ2v) is 10.4. The summed E-state index contributed by atoms with van der Waals surface area (Å²) in [5, 5.41) is 1.55. The molecule has 1 saturated heterocycles. The van der Waals surface area contributed by atoms with E-state index in [1.54, 1.807) is 37.1 Å². The fraction of sp³-hybridized carbons (Fsp3) is 0.440. The Morgan fingerprint density at radius 2 is 1.87 bits per heavy atom. The molecule has 8 nitrogen and oxygen atoms in total. The Labute approximate surface area is 231 Å². The van der Waals surface area contributed by atoms with Crippen LogP contribution in [0.4, 0.5) is 14.6 Å². The van der Waals surface area contributed by atoms with Gasteiger partial charge < -0.3 is 15.0 Å². The summed E-state index contributed by atoms with van der Waals surface area (Å²) in [6, 6.07) is 5.49. The maximum atomic E-state index is 15.1. The first kappa shape index (κ1) is 29.2. The molecule has 1 aliphatic heterocycles. The molecule has 1 aromatic carbocycles. The van der Waals surface area contributed by atoms with Gasteiger partial charge in [-0.05, 0) is 31.1 Å². The SMILES string of the molecule is [B]C([B])([B])OC1(c2cc3c(N[C@H](C)c4cccc(C(F)P)c4F)ncnc3n(C)c2=O)CCN(C(C)=O)CC1. The molecule has 3 aromatic rings. The molecule has 1 amide bonds. The average molecular weight is 547 g/mol. The molecule has 1 aliphatic rings. The van der Waals surface area contributed by atoms with Crippen LogP contribution in [0.5, 0.6) is 0 Å². The number of rotatable bonds is 7. The molecule has 1 fully saturated rings. The minimum Gasteiger partial charge on any atom is -0.391 e. The van der Waals surface area contributed by atoms with Crippen molar-refractivity contribution in [2.75, 3.05) is 18.4 Å². The molecule has 0 saturated carbocycles. The van der Waals surface area contributed by atoms with Gasteiger partial charge in [0.15, 0.2) is 0 Å². The summed E-state index contributed by atoms with van der Waals surface area (Å²) in [5.41, 5.74) is -1.02. The van der Waals surface area contributed by atoms with E-state index in [2.05, 4.69) is 15.3 Å². The predicted molar refractivity (Wildman–Crippen MR) is 151 cm³/mol. The number of alkyl halides is 1. The number of anilines is 1. The maximum Gasteiger partial charge on any atom is 0.258 e. The third kappa shape index (κ3) is 5.89. The zero-order chi connectivity index (χ0) is 28.7. The quantitative estimate of drug-likeness (QED) is 0.362. The first-order valence-electron chi connectivity index (χ1n) is 12.4. The lowest BCUT2D eigenvalue weighted by Crippen LogP contribution is -2.53. The van der Waals surface area contributed by atoms with Crippen molar-refractivity contribution < 1.29 is 18.3 Å². The van der Waals surface area contributed by atoms with Gasteiger partial charge in [-0.3, -0.25) is 14.2 Å². The van der Waals surface area contributed by atoms with Gasteiger partial charge in [0.1, 0.15) is 29.5 Å². The van der Waals surface area contributed by atoms with Crippen molar-refractivity contribution in [1.82, 2.24) is 19.4 Å². The van der Waals surface area contributed by atoms with Crippen LogP contribution >= 0.6 is 9.24 Å². The van der Waals surface area contributed by atoms with Crippen LogP contribution in [0, 0.1) is 5.82 Å². The molecular formula is C25H27B3F2N5O3P. The summed E-state index contributed by atoms with van der Waals surface area (Å²) >= 11 is 0. The van der Waals surface area contributed by atoms with Crippen molar-refractivity contribution in [3.8, 4) is 0 Å². The summed E-state index contributed by atoms with van der Waals surface area (Å²) < 4.78 is 36.2. The molecule has 0 spiro atoms. The molecule has 39 heavy (non-hydrogen) atoms. The fourth-order valence-corrected chi connectivity index (χ4v) is 5.31. The van der Waals surface area contributed by atoms with E-state index < -0.39 is 34.2 Å². The molecule has 198 valence electrons. The smallest absolute Gasteiger partial charge is 0.258 e. The number of fused-ring (bicyclic) bond motifs is 1. The van der Waals surface area contributed by atoms with Crippen molar-refractivity contribution in [2.24, 2.45) is 7.05 Å². The molecule has 3 heterocycles. The van der Waals surface area contributed by atoms with Crippen molar-refractivity contribution in [2.45, 2.75) is 49.5 Å². The predicted octanol–water partition coefficient (Wildman–Crippen LogP) is 2.45. The van der Waals surface area contributed by atoms with E-state index in [0.717, 1.165) is 0 Å². The zero-order valence-electron chi connectivity index (χ0n) is 21.9. The minimum absolute atomic E-state index is 0.0757. The second-order valence-electron chi connectivity index (χ2n) is 9.86. The number of benzene rings is 1. The third-order valence-corrected chi connectivity index (χ3v) is 7.42. The summed E-state index contributed by atoms with van der Waals surface area (Å²) in [5.74, 6) is -2.02. The molecule has 0 bridgehead atoms. The fourth-order valence-electron chi connectivity index (χ4n) is 5.06. The Morgan fingerprint density at radius 3 is 2.46 bits per heavy atom. The monoisotopic (exact) mass is 547 g/mol. The summed E-state index contributed by atoms with van der Waals surface area (Å²) in [6.07, 6.45) is 1.71. The molecule has 6 radical (unpaired) electrons. The Hall–Kier alpha value is -2.78. The van der Waals surface area contributed by atoms with E-state index in [1.165, 1.54) is 23.9 Å². The number of ether oxygens (including phenoxy) is 1. The Bertz CT molecular complexity index is 1460. The number of aryl methyl sites for hydroxylation is 1. The highest BCUT2D eigenvalue weighted by molar-refractivity contribution is 7.16. The van der Waals surface area contributed by atoms with E-state index in [0.29, 0.717) is 29.9 Å². The van der Waals surface area contributed by atoms with E-state index in [1.807, 2.05) is 9.24 Å². The number of halogens is 2. The summed E-state index contributed by atoms with van der Waals surface area (Å²) in [6.45, 7) is 3.76. The average Bonchev–Trinajstić information content (AvgIpc) is 2.85.